The number of aromatic amines is 1. The predicted octanol–water partition coefficient (Wildman–Crippen LogP) is 2.50. The number of hydrogen-bond donors (Lipinski definition) is 3. The fraction of sp³-hybridized carbons (Fsp3) is 0.619. The van der Waals surface area contributed by atoms with Gasteiger partial charge in [-0.2, -0.15) is 5.10 Å². The fourth-order valence-corrected chi connectivity index (χ4v) is 4.55. The Kier molecular flexibility index (Phi) is 4.72. The summed E-state index contributed by atoms with van der Waals surface area (Å²) in [4.78, 5) is 12.9. The summed E-state index contributed by atoms with van der Waals surface area (Å²) in [5.41, 5.74) is 1.10. The third-order valence-electron chi connectivity index (χ3n) is 6.40. The van der Waals surface area contributed by atoms with Gasteiger partial charge in [0.2, 0.25) is 0 Å². The van der Waals surface area contributed by atoms with Crippen molar-refractivity contribution in [1.82, 2.24) is 20.8 Å². The van der Waals surface area contributed by atoms with Gasteiger partial charge in [0, 0.05) is 12.7 Å². The number of ether oxygens (including phenoxy) is 1. The SMILES string of the molecule is Cc1ccc(-c2cc(C(=O)N[C@H]3C[C@H]4CNC[C@H]4C[C@@H]3OCC3CC3)n[nH]2)o1. The number of nitrogens with zero attached hydrogens (tertiary/aromatic N) is 1. The van der Waals surface area contributed by atoms with Crippen LogP contribution in [-0.2, 0) is 4.74 Å². The standard InChI is InChI=1S/C21H28N4O3/c1-12-2-5-19(28-12)17-8-18(25-24-17)21(26)23-16-6-14-9-22-10-15(14)7-20(16)27-11-13-3-4-13/h2,5,8,13-16,20,22H,3-4,6-7,9-11H2,1H3,(H,23,26)(H,24,25)/t14-,15+,16-,20-/m0/s1. The molecule has 4 atom stereocenters. The molecule has 2 aromatic heterocycles. The van der Waals surface area contributed by atoms with E-state index in [4.69, 9.17) is 9.15 Å². The van der Waals surface area contributed by atoms with Gasteiger partial charge in [0.1, 0.15) is 11.5 Å². The Labute approximate surface area is 164 Å². The van der Waals surface area contributed by atoms with Gasteiger partial charge < -0.3 is 19.8 Å². The number of aryl methyl sites for hydroxylation is 1. The second-order valence-corrected chi connectivity index (χ2v) is 8.62. The zero-order valence-electron chi connectivity index (χ0n) is 16.2. The Morgan fingerprint density at radius 1 is 1.29 bits per heavy atom. The van der Waals surface area contributed by atoms with Crippen LogP contribution in [0.25, 0.3) is 11.5 Å². The highest BCUT2D eigenvalue weighted by Crippen LogP contribution is 2.36. The molecule has 150 valence electrons. The predicted molar refractivity (Wildman–Crippen MR) is 104 cm³/mol. The smallest absolute Gasteiger partial charge is 0.272 e. The van der Waals surface area contributed by atoms with E-state index in [1.807, 2.05) is 19.1 Å². The van der Waals surface area contributed by atoms with Crippen LogP contribution < -0.4 is 10.6 Å². The van der Waals surface area contributed by atoms with E-state index in [0.29, 0.717) is 29.0 Å². The van der Waals surface area contributed by atoms with Crippen molar-refractivity contribution in [3.63, 3.8) is 0 Å². The summed E-state index contributed by atoms with van der Waals surface area (Å²) in [5.74, 6) is 3.37. The summed E-state index contributed by atoms with van der Waals surface area (Å²) in [5, 5.41) is 13.8. The van der Waals surface area contributed by atoms with Crippen LogP contribution in [0, 0.1) is 24.7 Å². The van der Waals surface area contributed by atoms with E-state index in [1.54, 1.807) is 6.07 Å². The maximum Gasteiger partial charge on any atom is 0.272 e. The Balaban J connectivity index is 1.27. The zero-order chi connectivity index (χ0) is 19.1. The van der Waals surface area contributed by atoms with Crippen molar-refractivity contribution in [2.24, 2.45) is 17.8 Å². The van der Waals surface area contributed by atoms with Gasteiger partial charge in [-0.05, 0) is 75.6 Å². The molecule has 5 rings (SSSR count). The lowest BCUT2D eigenvalue weighted by Crippen LogP contribution is -2.50. The van der Waals surface area contributed by atoms with Crippen molar-refractivity contribution in [3.05, 3.63) is 29.7 Å². The van der Waals surface area contributed by atoms with Crippen LogP contribution in [0.1, 0.15) is 41.9 Å². The first-order valence-corrected chi connectivity index (χ1v) is 10.4. The minimum absolute atomic E-state index is 0.0402. The third-order valence-corrected chi connectivity index (χ3v) is 6.40. The normalized spacial score (nSPS) is 29.6. The molecule has 7 nitrogen and oxygen atoms in total. The van der Waals surface area contributed by atoms with Gasteiger partial charge in [-0.3, -0.25) is 9.89 Å². The molecular formula is C21H28N4O3. The molecule has 1 saturated heterocycles. The Bertz CT molecular complexity index is 840. The summed E-state index contributed by atoms with van der Waals surface area (Å²) in [6.07, 6.45) is 4.64. The topological polar surface area (TPSA) is 92.2 Å². The van der Waals surface area contributed by atoms with E-state index < -0.39 is 0 Å². The largest absolute Gasteiger partial charge is 0.460 e. The lowest BCUT2D eigenvalue weighted by Gasteiger charge is -2.38. The summed E-state index contributed by atoms with van der Waals surface area (Å²) in [7, 11) is 0. The van der Waals surface area contributed by atoms with Crippen LogP contribution >= 0.6 is 0 Å². The monoisotopic (exact) mass is 384 g/mol. The highest BCUT2D eigenvalue weighted by molar-refractivity contribution is 5.93. The molecule has 1 amide bonds. The van der Waals surface area contributed by atoms with Crippen molar-refractivity contribution in [1.29, 1.82) is 0 Å². The maximum atomic E-state index is 12.9. The number of carbonyl (C=O) groups excluding carboxylic acids is 1. The molecule has 0 unspecified atom stereocenters. The van der Waals surface area contributed by atoms with Gasteiger partial charge in [-0.1, -0.05) is 0 Å². The number of carbonyl (C=O) groups is 1. The minimum atomic E-state index is -0.153. The van der Waals surface area contributed by atoms with Gasteiger partial charge >= 0.3 is 0 Å². The van der Waals surface area contributed by atoms with E-state index in [1.165, 1.54) is 12.8 Å². The van der Waals surface area contributed by atoms with Crippen LogP contribution in [0.4, 0.5) is 0 Å². The second kappa shape index (κ2) is 7.37. The zero-order valence-corrected chi connectivity index (χ0v) is 16.2. The van der Waals surface area contributed by atoms with Crippen molar-refractivity contribution >= 4 is 5.91 Å². The van der Waals surface area contributed by atoms with Crippen molar-refractivity contribution < 1.29 is 13.9 Å². The summed E-state index contributed by atoms with van der Waals surface area (Å²) in [6, 6.07) is 5.56. The number of H-pyrrole nitrogens is 1. The van der Waals surface area contributed by atoms with E-state index in [2.05, 4.69) is 20.8 Å². The summed E-state index contributed by atoms with van der Waals surface area (Å²) < 4.78 is 11.9. The minimum Gasteiger partial charge on any atom is -0.460 e. The lowest BCUT2D eigenvalue weighted by molar-refractivity contribution is -0.0212. The molecule has 0 spiro atoms. The van der Waals surface area contributed by atoms with Gasteiger partial charge in [-0.25, -0.2) is 0 Å². The number of amides is 1. The number of rotatable bonds is 6. The molecule has 3 heterocycles. The van der Waals surface area contributed by atoms with E-state index in [0.717, 1.165) is 44.2 Å². The van der Waals surface area contributed by atoms with Gasteiger partial charge in [0.05, 0.1) is 12.1 Å². The van der Waals surface area contributed by atoms with Crippen molar-refractivity contribution in [3.8, 4) is 11.5 Å². The Morgan fingerprint density at radius 2 is 2.11 bits per heavy atom. The summed E-state index contributed by atoms with van der Waals surface area (Å²) >= 11 is 0. The maximum absolute atomic E-state index is 12.9. The molecule has 7 heteroatoms. The van der Waals surface area contributed by atoms with E-state index >= 15 is 0 Å². The molecule has 0 aromatic carbocycles. The first kappa shape index (κ1) is 17.9. The third kappa shape index (κ3) is 3.73. The number of aromatic nitrogens is 2. The van der Waals surface area contributed by atoms with Gasteiger partial charge in [-0.15, -0.1) is 0 Å². The number of furan rings is 1. The molecule has 3 fully saturated rings. The number of fused-ring (bicyclic) bond motifs is 1. The lowest BCUT2D eigenvalue weighted by atomic mass is 9.77. The van der Waals surface area contributed by atoms with Crippen molar-refractivity contribution in [2.75, 3.05) is 19.7 Å². The summed E-state index contributed by atoms with van der Waals surface area (Å²) in [6.45, 7) is 4.83. The van der Waals surface area contributed by atoms with Crippen molar-refractivity contribution in [2.45, 2.75) is 44.8 Å². The first-order chi connectivity index (χ1) is 13.7. The first-order valence-electron chi connectivity index (χ1n) is 10.4. The highest BCUT2D eigenvalue weighted by Gasteiger charge is 2.41. The Hall–Kier alpha value is -2.12. The van der Waals surface area contributed by atoms with E-state index in [9.17, 15) is 4.79 Å². The molecule has 0 radical (unpaired) electrons. The van der Waals surface area contributed by atoms with Crippen LogP contribution in [0.15, 0.2) is 22.6 Å². The molecular weight excluding hydrogens is 356 g/mol. The fourth-order valence-electron chi connectivity index (χ4n) is 4.55. The molecule has 2 saturated carbocycles. The van der Waals surface area contributed by atoms with Crippen LogP contribution in [0.3, 0.4) is 0 Å². The molecule has 1 aliphatic heterocycles. The molecule has 3 N–H and O–H groups in total. The molecule has 2 aromatic rings. The average Bonchev–Trinajstić information content (AvgIpc) is 3.07. The van der Waals surface area contributed by atoms with Crippen LogP contribution in [0.5, 0.6) is 0 Å². The number of nitrogens with one attached hydrogen (secondary N) is 3. The molecule has 3 aliphatic rings. The molecule has 0 bridgehead atoms. The van der Waals surface area contributed by atoms with Crippen LogP contribution in [-0.4, -0.2) is 47.9 Å². The average molecular weight is 384 g/mol. The molecule has 28 heavy (non-hydrogen) atoms. The highest BCUT2D eigenvalue weighted by atomic mass is 16.5. The van der Waals surface area contributed by atoms with Gasteiger partial charge in [0.25, 0.3) is 5.91 Å². The second-order valence-electron chi connectivity index (χ2n) is 8.62. The van der Waals surface area contributed by atoms with E-state index in [-0.39, 0.29) is 18.1 Å². The Morgan fingerprint density at radius 3 is 2.86 bits per heavy atom. The number of hydrogen-bond acceptors (Lipinski definition) is 5. The quantitative estimate of drug-likeness (QED) is 0.712. The molecule has 2 aliphatic carbocycles. The van der Waals surface area contributed by atoms with Gasteiger partial charge in [0.15, 0.2) is 11.5 Å². The van der Waals surface area contributed by atoms with Crippen LogP contribution in [0.2, 0.25) is 0 Å².